The molecule has 0 aliphatic carbocycles. The van der Waals surface area contributed by atoms with Gasteiger partial charge in [0.05, 0.1) is 15.7 Å². The first kappa shape index (κ1) is 14.0. The predicted octanol–water partition coefficient (Wildman–Crippen LogP) is 4.20. The van der Waals surface area contributed by atoms with Crippen LogP contribution in [0.15, 0.2) is 12.1 Å². The summed E-state index contributed by atoms with van der Waals surface area (Å²) in [5.41, 5.74) is 7.37. The number of halogens is 2. The summed E-state index contributed by atoms with van der Waals surface area (Å²) in [4.78, 5) is 2.49. The van der Waals surface area contributed by atoms with Crippen molar-refractivity contribution in [3.8, 4) is 0 Å². The van der Waals surface area contributed by atoms with Crippen LogP contribution in [0.3, 0.4) is 0 Å². The van der Waals surface area contributed by atoms with E-state index in [4.69, 9.17) is 28.9 Å². The molecule has 18 heavy (non-hydrogen) atoms. The second-order valence-corrected chi connectivity index (χ2v) is 6.12. The normalized spacial score (nSPS) is 25.3. The zero-order valence-electron chi connectivity index (χ0n) is 10.9. The first-order valence-electron chi connectivity index (χ1n) is 6.46. The molecule has 4 heteroatoms. The van der Waals surface area contributed by atoms with Gasteiger partial charge in [0.25, 0.3) is 0 Å². The zero-order valence-corrected chi connectivity index (χ0v) is 12.4. The van der Waals surface area contributed by atoms with Crippen LogP contribution in [-0.4, -0.2) is 17.5 Å². The molecule has 0 aromatic heterocycles. The van der Waals surface area contributed by atoms with Gasteiger partial charge < -0.3 is 5.73 Å². The number of nitrogens with zero attached hydrogens (tertiary/aromatic N) is 1. The number of rotatable bonds is 2. The molecule has 0 radical (unpaired) electrons. The molecule has 0 amide bonds. The molecular formula is C14H20Cl2N2. The Bertz CT molecular complexity index is 411. The molecule has 1 aliphatic rings. The monoisotopic (exact) mass is 286 g/mol. The highest BCUT2D eigenvalue weighted by atomic mass is 35.5. The van der Waals surface area contributed by atoms with Crippen molar-refractivity contribution < 1.29 is 0 Å². The second kappa shape index (κ2) is 5.68. The molecule has 1 saturated heterocycles. The van der Waals surface area contributed by atoms with Gasteiger partial charge in [-0.1, -0.05) is 30.1 Å². The maximum Gasteiger partial charge on any atom is 0.0693 e. The van der Waals surface area contributed by atoms with Crippen molar-refractivity contribution >= 4 is 28.9 Å². The van der Waals surface area contributed by atoms with E-state index in [9.17, 15) is 0 Å². The van der Waals surface area contributed by atoms with Gasteiger partial charge in [0.2, 0.25) is 0 Å². The Labute approximate surface area is 119 Å². The Morgan fingerprint density at radius 2 is 1.89 bits per heavy atom. The quantitative estimate of drug-likeness (QED) is 0.826. The topological polar surface area (TPSA) is 29.3 Å². The largest absolute Gasteiger partial charge is 0.396 e. The van der Waals surface area contributed by atoms with Crippen LogP contribution in [0.1, 0.15) is 32.3 Å². The van der Waals surface area contributed by atoms with Crippen molar-refractivity contribution in [1.29, 1.82) is 0 Å². The first-order chi connectivity index (χ1) is 8.49. The van der Waals surface area contributed by atoms with Gasteiger partial charge in [-0.15, -0.1) is 0 Å². The minimum Gasteiger partial charge on any atom is -0.396 e. The van der Waals surface area contributed by atoms with Crippen LogP contribution in [-0.2, 0) is 6.54 Å². The summed E-state index contributed by atoms with van der Waals surface area (Å²) in [5, 5.41) is 1.10. The lowest BCUT2D eigenvalue weighted by Gasteiger charge is -2.38. The smallest absolute Gasteiger partial charge is 0.0693 e. The summed E-state index contributed by atoms with van der Waals surface area (Å²) in [6.45, 7) is 6.65. The molecule has 2 atom stereocenters. The lowest BCUT2D eigenvalue weighted by atomic mass is 9.92. The van der Waals surface area contributed by atoms with Crippen LogP contribution in [0.2, 0.25) is 10.0 Å². The van der Waals surface area contributed by atoms with E-state index in [0.717, 1.165) is 24.6 Å². The summed E-state index contributed by atoms with van der Waals surface area (Å²) in [6.07, 6.45) is 2.59. The highest BCUT2D eigenvalue weighted by molar-refractivity contribution is 6.38. The Balaban J connectivity index is 2.14. The number of benzene rings is 1. The Kier molecular flexibility index (Phi) is 4.41. The van der Waals surface area contributed by atoms with E-state index in [1.807, 2.05) is 12.1 Å². The average Bonchev–Trinajstić information content (AvgIpc) is 2.32. The maximum atomic E-state index is 6.07. The predicted molar refractivity (Wildman–Crippen MR) is 79.1 cm³/mol. The molecule has 0 spiro atoms. The van der Waals surface area contributed by atoms with Crippen molar-refractivity contribution in [1.82, 2.24) is 4.90 Å². The fourth-order valence-electron chi connectivity index (χ4n) is 2.61. The van der Waals surface area contributed by atoms with Crippen LogP contribution in [0.25, 0.3) is 0 Å². The number of hydrogen-bond acceptors (Lipinski definition) is 2. The Morgan fingerprint density at radius 3 is 2.50 bits per heavy atom. The third kappa shape index (κ3) is 2.93. The number of piperidine rings is 1. The molecule has 0 saturated carbocycles. The summed E-state index contributed by atoms with van der Waals surface area (Å²) in [6, 6.07) is 4.46. The summed E-state index contributed by atoms with van der Waals surface area (Å²) in [7, 11) is 0. The highest BCUT2D eigenvalue weighted by Gasteiger charge is 2.24. The van der Waals surface area contributed by atoms with Gasteiger partial charge in [-0.25, -0.2) is 0 Å². The average molecular weight is 287 g/mol. The Hall–Kier alpha value is -0.440. The molecule has 100 valence electrons. The first-order valence-corrected chi connectivity index (χ1v) is 7.22. The van der Waals surface area contributed by atoms with Crippen LogP contribution in [0.4, 0.5) is 5.69 Å². The van der Waals surface area contributed by atoms with Crippen molar-refractivity contribution in [2.45, 2.75) is 39.3 Å². The standard InChI is InChI=1S/C14H20Cl2N2/c1-9-4-3-5-18(10(9)2)8-11-6-12(15)14(17)13(16)7-11/h6-7,9-10H,3-5,8,17H2,1-2H3. The molecule has 2 N–H and O–H groups in total. The van der Waals surface area contributed by atoms with Gasteiger partial charge >= 0.3 is 0 Å². The third-order valence-electron chi connectivity index (χ3n) is 4.03. The van der Waals surface area contributed by atoms with E-state index >= 15 is 0 Å². The number of nitrogens with two attached hydrogens (primary N) is 1. The summed E-state index contributed by atoms with van der Waals surface area (Å²) < 4.78 is 0. The number of likely N-dealkylation sites (tertiary alicyclic amines) is 1. The number of nitrogen functional groups attached to an aromatic ring is 1. The fraction of sp³-hybridized carbons (Fsp3) is 0.571. The van der Waals surface area contributed by atoms with Gasteiger partial charge in [0.1, 0.15) is 0 Å². The lowest BCUT2D eigenvalue weighted by Crippen LogP contribution is -2.41. The molecule has 0 bridgehead atoms. The van der Waals surface area contributed by atoms with Gasteiger partial charge in [0.15, 0.2) is 0 Å². The van der Waals surface area contributed by atoms with E-state index in [-0.39, 0.29) is 0 Å². The van der Waals surface area contributed by atoms with Crippen LogP contribution < -0.4 is 5.73 Å². The molecule has 1 fully saturated rings. The van der Waals surface area contributed by atoms with Crippen LogP contribution in [0, 0.1) is 5.92 Å². The van der Waals surface area contributed by atoms with E-state index in [2.05, 4.69) is 18.7 Å². The van der Waals surface area contributed by atoms with Gasteiger partial charge in [-0.3, -0.25) is 4.90 Å². The molecule has 1 aromatic carbocycles. The number of anilines is 1. The van der Waals surface area contributed by atoms with Crippen LogP contribution >= 0.6 is 23.2 Å². The maximum absolute atomic E-state index is 6.07. The Morgan fingerprint density at radius 1 is 1.28 bits per heavy atom. The minimum atomic E-state index is 0.474. The molecule has 1 aliphatic heterocycles. The van der Waals surface area contributed by atoms with Crippen LogP contribution in [0.5, 0.6) is 0 Å². The van der Waals surface area contributed by atoms with Gasteiger partial charge in [-0.2, -0.15) is 0 Å². The molecule has 1 aromatic rings. The fourth-order valence-corrected chi connectivity index (χ4v) is 3.14. The summed E-state index contributed by atoms with van der Waals surface area (Å²) in [5.74, 6) is 0.749. The summed E-state index contributed by atoms with van der Waals surface area (Å²) >= 11 is 12.1. The van der Waals surface area contributed by atoms with Crippen molar-refractivity contribution in [2.24, 2.45) is 5.92 Å². The minimum absolute atomic E-state index is 0.474. The zero-order chi connectivity index (χ0) is 13.3. The molecule has 2 rings (SSSR count). The van der Waals surface area contributed by atoms with Gasteiger partial charge in [-0.05, 0) is 49.9 Å². The van der Waals surface area contributed by atoms with Crippen molar-refractivity contribution in [2.75, 3.05) is 12.3 Å². The number of hydrogen-bond donors (Lipinski definition) is 1. The lowest BCUT2D eigenvalue weighted by molar-refractivity contribution is 0.106. The molecular weight excluding hydrogens is 267 g/mol. The van der Waals surface area contributed by atoms with Crippen molar-refractivity contribution in [3.63, 3.8) is 0 Å². The second-order valence-electron chi connectivity index (χ2n) is 5.30. The molecule has 2 unspecified atom stereocenters. The van der Waals surface area contributed by atoms with Gasteiger partial charge in [0, 0.05) is 12.6 Å². The third-order valence-corrected chi connectivity index (χ3v) is 4.65. The van der Waals surface area contributed by atoms with E-state index in [1.54, 1.807) is 0 Å². The van der Waals surface area contributed by atoms with Crippen molar-refractivity contribution in [3.05, 3.63) is 27.7 Å². The molecule has 2 nitrogen and oxygen atoms in total. The molecule has 1 heterocycles. The van der Waals surface area contributed by atoms with E-state index in [1.165, 1.54) is 12.8 Å². The SMILES string of the molecule is CC1CCCN(Cc2cc(Cl)c(N)c(Cl)c2)C1C. The highest BCUT2D eigenvalue weighted by Crippen LogP contribution is 2.31. The van der Waals surface area contributed by atoms with E-state index in [0.29, 0.717) is 21.8 Å². The van der Waals surface area contributed by atoms with E-state index < -0.39 is 0 Å².